The maximum Gasteiger partial charge on any atom is 0.242 e. The summed E-state index contributed by atoms with van der Waals surface area (Å²) in [6, 6.07) is 8.12. The number of anilines is 1. The number of sulfonamides is 1. The number of hydrogen-bond acceptors (Lipinski definition) is 3. The predicted molar refractivity (Wildman–Crippen MR) is 96.0 cm³/mol. The molecule has 2 aromatic carbocycles. The van der Waals surface area contributed by atoms with Crippen LogP contribution in [-0.4, -0.2) is 20.9 Å². The molecule has 0 aliphatic carbocycles. The van der Waals surface area contributed by atoms with Crippen LogP contribution in [-0.2, 0) is 14.8 Å². The third kappa shape index (κ3) is 5.40. The van der Waals surface area contributed by atoms with Crippen molar-refractivity contribution >= 4 is 44.8 Å². The van der Waals surface area contributed by atoms with Gasteiger partial charge in [-0.2, -0.15) is 0 Å². The van der Waals surface area contributed by atoms with E-state index in [1.807, 2.05) is 6.92 Å². The Balaban J connectivity index is 1.94. The van der Waals surface area contributed by atoms with Gasteiger partial charge < -0.3 is 5.32 Å². The van der Waals surface area contributed by atoms with Crippen molar-refractivity contribution in [3.8, 4) is 0 Å². The normalized spacial score (nSPS) is 11.4. The highest BCUT2D eigenvalue weighted by Crippen LogP contribution is 2.23. The molecule has 0 radical (unpaired) electrons. The van der Waals surface area contributed by atoms with Crippen LogP contribution in [0.3, 0.4) is 0 Å². The first kappa shape index (κ1) is 19.7. The Hall–Kier alpha value is -1.67. The second-order valence-corrected chi connectivity index (χ2v) is 7.80. The molecule has 0 fully saturated rings. The molecular weight excluding hydrogens is 390 g/mol. The molecule has 0 unspecified atom stereocenters. The van der Waals surface area contributed by atoms with Crippen LogP contribution in [0.1, 0.15) is 12.0 Å². The first-order valence-electron chi connectivity index (χ1n) is 7.20. The molecule has 0 saturated heterocycles. The highest BCUT2D eigenvalue weighted by molar-refractivity contribution is 7.89. The van der Waals surface area contributed by atoms with Gasteiger partial charge in [-0.05, 0) is 42.8 Å². The van der Waals surface area contributed by atoms with E-state index >= 15 is 0 Å². The molecule has 2 N–H and O–H groups in total. The maximum absolute atomic E-state index is 13.0. The summed E-state index contributed by atoms with van der Waals surface area (Å²) in [5.41, 5.74) is 1.40. The van der Waals surface area contributed by atoms with Gasteiger partial charge in [-0.15, -0.1) is 0 Å². The van der Waals surface area contributed by atoms with Gasteiger partial charge in [0.15, 0.2) is 0 Å². The van der Waals surface area contributed by atoms with E-state index in [0.29, 0.717) is 10.7 Å². The zero-order chi connectivity index (χ0) is 18.6. The number of nitrogens with one attached hydrogen (secondary N) is 2. The Bertz CT molecular complexity index is 904. The Labute approximate surface area is 155 Å². The van der Waals surface area contributed by atoms with E-state index in [1.54, 1.807) is 18.2 Å². The summed E-state index contributed by atoms with van der Waals surface area (Å²) in [7, 11) is -3.94. The fourth-order valence-electron chi connectivity index (χ4n) is 2.00. The summed E-state index contributed by atoms with van der Waals surface area (Å²) >= 11 is 11.8. The maximum atomic E-state index is 13.0. The van der Waals surface area contributed by atoms with Gasteiger partial charge in [0.25, 0.3) is 0 Å². The van der Waals surface area contributed by atoms with Gasteiger partial charge in [-0.1, -0.05) is 29.3 Å². The van der Waals surface area contributed by atoms with Crippen LogP contribution >= 0.6 is 23.2 Å². The minimum absolute atomic E-state index is 0.109. The minimum atomic E-state index is -3.94. The lowest BCUT2D eigenvalue weighted by Gasteiger charge is -2.10. The molecule has 0 aliphatic heterocycles. The zero-order valence-electron chi connectivity index (χ0n) is 13.1. The molecule has 0 aromatic heterocycles. The van der Waals surface area contributed by atoms with Crippen LogP contribution in [0.15, 0.2) is 41.3 Å². The lowest BCUT2D eigenvalue weighted by Crippen LogP contribution is -2.28. The van der Waals surface area contributed by atoms with Crippen LogP contribution in [0.25, 0.3) is 0 Å². The second kappa shape index (κ2) is 8.14. The lowest BCUT2D eigenvalue weighted by atomic mass is 10.2. The van der Waals surface area contributed by atoms with E-state index < -0.39 is 21.7 Å². The van der Waals surface area contributed by atoms with Crippen molar-refractivity contribution in [2.45, 2.75) is 18.2 Å². The number of hydrogen-bond donors (Lipinski definition) is 2. The second-order valence-electron chi connectivity index (χ2n) is 5.25. The average molecular weight is 405 g/mol. The number of benzene rings is 2. The average Bonchev–Trinajstić information content (AvgIpc) is 2.49. The Morgan fingerprint density at radius 1 is 1.12 bits per heavy atom. The molecule has 0 heterocycles. The highest BCUT2D eigenvalue weighted by atomic mass is 35.5. The summed E-state index contributed by atoms with van der Waals surface area (Å²) in [6.07, 6.45) is -0.109. The molecule has 2 rings (SSSR count). The molecule has 5 nitrogen and oxygen atoms in total. The molecule has 0 bridgehead atoms. The molecule has 0 aliphatic rings. The van der Waals surface area contributed by atoms with E-state index in [9.17, 15) is 17.6 Å². The summed E-state index contributed by atoms with van der Waals surface area (Å²) in [5, 5.41) is 2.76. The predicted octanol–water partition coefficient (Wildman–Crippen LogP) is 3.75. The molecule has 25 heavy (non-hydrogen) atoms. The van der Waals surface area contributed by atoms with Crippen molar-refractivity contribution in [1.29, 1.82) is 0 Å². The van der Waals surface area contributed by atoms with Gasteiger partial charge in [-0.25, -0.2) is 17.5 Å². The number of carbonyl (C=O) groups excluding carboxylic acids is 1. The van der Waals surface area contributed by atoms with Crippen LogP contribution in [0.4, 0.5) is 10.1 Å². The summed E-state index contributed by atoms with van der Waals surface area (Å²) < 4.78 is 39.5. The van der Waals surface area contributed by atoms with E-state index in [4.69, 9.17) is 23.2 Å². The van der Waals surface area contributed by atoms with Gasteiger partial charge in [0.05, 0.1) is 15.7 Å². The van der Waals surface area contributed by atoms with Crippen molar-refractivity contribution in [3.05, 3.63) is 57.8 Å². The van der Waals surface area contributed by atoms with Gasteiger partial charge in [-0.3, -0.25) is 4.79 Å². The molecule has 0 saturated carbocycles. The summed E-state index contributed by atoms with van der Waals surface area (Å²) in [6.45, 7) is 1.72. The van der Waals surface area contributed by atoms with E-state index in [-0.39, 0.29) is 22.9 Å². The SMILES string of the molecule is Cc1ccc(NC(=O)CCNS(=O)(=O)c2ccc(F)cc2Cl)c(Cl)c1. The molecule has 9 heteroatoms. The van der Waals surface area contributed by atoms with Crippen LogP contribution in [0.5, 0.6) is 0 Å². The standard InChI is InChI=1S/C16H15Cl2FN2O3S/c1-10-2-4-14(12(17)8-10)21-16(22)6-7-20-25(23,24)15-5-3-11(19)9-13(15)18/h2-5,8-9,20H,6-7H2,1H3,(H,21,22). The quantitative estimate of drug-likeness (QED) is 0.769. The van der Waals surface area contributed by atoms with Gasteiger partial charge in [0, 0.05) is 13.0 Å². The smallest absolute Gasteiger partial charge is 0.242 e. The monoisotopic (exact) mass is 404 g/mol. The Morgan fingerprint density at radius 2 is 1.84 bits per heavy atom. The van der Waals surface area contributed by atoms with Crippen molar-refractivity contribution in [3.63, 3.8) is 0 Å². The first-order valence-corrected chi connectivity index (χ1v) is 9.43. The van der Waals surface area contributed by atoms with Gasteiger partial charge in [0.1, 0.15) is 10.7 Å². The van der Waals surface area contributed by atoms with Gasteiger partial charge in [0.2, 0.25) is 15.9 Å². The number of rotatable bonds is 6. The summed E-state index contributed by atoms with van der Waals surface area (Å²) in [4.78, 5) is 11.7. The molecule has 134 valence electrons. The third-order valence-electron chi connectivity index (χ3n) is 3.23. The van der Waals surface area contributed by atoms with E-state index in [1.165, 1.54) is 0 Å². The van der Waals surface area contributed by atoms with Crippen molar-refractivity contribution in [1.82, 2.24) is 4.72 Å². The third-order valence-corrected chi connectivity index (χ3v) is 5.48. The van der Waals surface area contributed by atoms with Gasteiger partial charge >= 0.3 is 0 Å². The van der Waals surface area contributed by atoms with E-state index in [0.717, 1.165) is 23.8 Å². The Kier molecular flexibility index (Phi) is 6.40. The fourth-order valence-corrected chi connectivity index (χ4v) is 3.85. The van der Waals surface area contributed by atoms with Crippen molar-refractivity contribution < 1.29 is 17.6 Å². The first-order chi connectivity index (χ1) is 11.7. The lowest BCUT2D eigenvalue weighted by molar-refractivity contribution is -0.116. The van der Waals surface area contributed by atoms with Crippen molar-refractivity contribution in [2.24, 2.45) is 0 Å². The molecular formula is C16H15Cl2FN2O3S. The van der Waals surface area contributed by atoms with E-state index in [2.05, 4.69) is 10.0 Å². The molecule has 2 aromatic rings. The number of halogens is 3. The zero-order valence-corrected chi connectivity index (χ0v) is 15.5. The Morgan fingerprint density at radius 3 is 2.48 bits per heavy atom. The fraction of sp³-hybridized carbons (Fsp3) is 0.188. The van der Waals surface area contributed by atoms with Crippen LogP contribution < -0.4 is 10.0 Å². The molecule has 0 spiro atoms. The molecule has 1 amide bonds. The molecule has 0 atom stereocenters. The number of carbonyl (C=O) groups is 1. The topological polar surface area (TPSA) is 75.3 Å². The highest BCUT2D eigenvalue weighted by Gasteiger charge is 2.18. The summed E-state index contributed by atoms with van der Waals surface area (Å²) in [5.74, 6) is -1.04. The minimum Gasteiger partial charge on any atom is -0.325 e. The largest absolute Gasteiger partial charge is 0.325 e. The number of aryl methyl sites for hydroxylation is 1. The van der Waals surface area contributed by atoms with Crippen LogP contribution in [0.2, 0.25) is 10.0 Å². The van der Waals surface area contributed by atoms with Crippen LogP contribution in [0, 0.1) is 12.7 Å². The number of amides is 1. The van der Waals surface area contributed by atoms with Crippen molar-refractivity contribution in [2.75, 3.05) is 11.9 Å².